The fourth-order valence-electron chi connectivity index (χ4n) is 2.19. The Labute approximate surface area is 115 Å². The van der Waals surface area contributed by atoms with Crippen molar-refractivity contribution in [2.75, 3.05) is 6.54 Å². The van der Waals surface area contributed by atoms with Gasteiger partial charge in [-0.05, 0) is 30.9 Å². The Morgan fingerprint density at radius 3 is 2.82 bits per heavy atom. The molecule has 17 heavy (non-hydrogen) atoms. The molecule has 1 amide bonds. The van der Waals surface area contributed by atoms with Crippen LogP contribution in [0.3, 0.4) is 0 Å². The predicted octanol–water partition coefficient (Wildman–Crippen LogP) is 3.63. The van der Waals surface area contributed by atoms with E-state index >= 15 is 0 Å². The molecule has 1 saturated carbocycles. The summed E-state index contributed by atoms with van der Waals surface area (Å²) in [5, 5.41) is 3.47. The van der Waals surface area contributed by atoms with Gasteiger partial charge in [0.15, 0.2) is 0 Å². The van der Waals surface area contributed by atoms with Crippen molar-refractivity contribution < 1.29 is 4.79 Å². The molecule has 0 heterocycles. The number of alkyl halides is 1. The molecule has 1 aromatic rings. The van der Waals surface area contributed by atoms with Gasteiger partial charge in [0.25, 0.3) is 5.91 Å². The van der Waals surface area contributed by atoms with Crippen molar-refractivity contribution in [2.45, 2.75) is 24.1 Å². The van der Waals surface area contributed by atoms with Crippen LogP contribution in [0.4, 0.5) is 0 Å². The molecule has 0 aliphatic heterocycles. The topological polar surface area (TPSA) is 29.1 Å². The van der Waals surface area contributed by atoms with E-state index in [0.717, 1.165) is 6.54 Å². The fourth-order valence-corrected chi connectivity index (χ4v) is 3.18. The molecule has 1 aromatic carbocycles. The third-order valence-corrected chi connectivity index (χ3v) is 4.74. The predicted molar refractivity (Wildman–Crippen MR) is 73.8 cm³/mol. The number of carbonyl (C=O) groups excluding carboxylic acids is 1. The smallest absolute Gasteiger partial charge is 0.252 e. The second-order valence-corrected chi connectivity index (χ2v) is 5.98. The molecule has 2 nitrogen and oxygen atoms in total. The largest absolute Gasteiger partial charge is 0.352 e. The zero-order chi connectivity index (χ0) is 12.3. The Balaban J connectivity index is 1.91. The van der Waals surface area contributed by atoms with E-state index < -0.39 is 0 Å². The molecule has 0 bridgehead atoms. The molecule has 2 atom stereocenters. The summed E-state index contributed by atoms with van der Waals surface area (Å²) in [6.45, 7) is 0.722. The highest BCUT2D eigenvalue weighted by Crippen LogP contribution is 2.30. The van der Waals surface area contributed by atoms with Crippen LogP contribution in [0.15, 0.2) is 24.3 Å². The second-order valence-electron chi connectivity index (χ2n) is 4.40. The van der Waals surface area contributed by atoms with Gasteiger partial charge < -0.3 is 5.32 Å². The minimum Gasteiger partial charge on any atom is -0.352 e. The van der Waals surface area contributed by atoms with E-state index in [9.17, 15) is 4.79 Å². The van der Waals surface area contributed by atoms with Crippen molar-refractivity contribution in [2.24, 2.45) is 5.92 Å². The lowest BCUT2D eigenvalue weighted by Crippen LogP contribution is -2.31. The van der Waals surface area contributed by atoms with Gasteiger partial charge in [0.05, 0.1) is 10.6 Å². The van der Waals surface area contributed by atoms with Gasteiger partial charge in [-0.2, -0.15) is 0 Å². The number of hydrogen-bond donors (Lipinski definition) is 1. The van der Waals surface area contributed by atoms with Gasteiger partial charge in [0, 0.05) is 11.4 Å². The maximum absolute atomic E-state index is 11.9. The summed E-state index contributed by atoms with van der Waals surface area (Å²) < 4.78 is 0. The summed E-state index contributed by atoms with van der Waals surface area (Å²) in [4.78, 5) is 12.5. The van der Waals surface area contributed by atoms with E-state index in [-0.39, 0.29) is 5.91 Å². The van der Waals surface area contributed by atoms with Crippen LogP contribution in [0.5, 0.6) is 0 Å². The summed E-state index contributed by atoms with van der Waals surface area (Å²) in [6, 6.07) is 7.13. The van der Waals surface area contributed by atoms with Crippen LogP contribution in [0.2, 0.25) is 5.02 Å². The van der Waals surface area contributed by atoms with Crippen LogP contribution in [-0.2, 0) is 0 Å². The highest BCUT2D eigenvalue weighted by molar-refractivity contribution is 9.09. The van der Waals surface area contributed by atoms with Crippen molar-refractivity contribution >= 4 is 33.4 Å². The van der Waals surface area contributed by atoms with E-state index in [1.54, 1.807) is 12.1 Å². The molecule has 2 unspecified atom stereocenters. The maximum atomic E-state index is 11.9. The van der Waals surface area contributed by atoms with E-state index in [2.05, 4.69) is 21.2 Å². The molecule has 0 radical (unpaired) electrons. The van der Waals surface area contributed by atoms with E-state index in [4.69, 9.17) is 11.6 Å². The van der Waals surface area contributed by atoms with Gasteiger partial charge in [-0.25, -0.2) is 0 Å². The zero-order valence-electron chi connectivity index (χ0n) is 9.46. The molecule has 0 spiro atoms. The Morgan fingerprint density at radius 2 is 2.18 bits per heavy atom. The highest BCUT2D eigenvalue weighted by Gasteiger charge is 2.25. The third kappa shape index (κ3) is 3.23. The monoisotopic (exact) mass is 315 g/mol. The van der Waals surface area contributed by atoms with E-state index in [1.165, 1.54) is 19.3 Å². The van der Waals surface area contributed by atoms with Crippen LogP contribution in [0.1, 0.15) is 29.6 Å². The Hall–Kier alpha value is -0.540. The SMILES string of the molecule is O=C(NCC1CCCC1Br)c1ccccc1Cl. The number of rotatable bonds is 3. The summed E-state index contributed by atoms with van der Waals surface area (Å²) >= 11 is 9.62. The van der Waals surface area contributed by atoms with E-state index in [0.29, 0.717) is 21.3 Å². The molecule has 1 aliphatic rings. The zero-order valence-corrected chi connectivity index (χ0v) is 11.8. The molecule has 0 aromatic heterocycles. The van der Waals surface area contributed by atoms with Gasteiger partial charge in [0.1, 0.15) is 0 Å². The summed E-state index contributed by atoms with van der Waals surface area (Å²) in [5.41, 5.74) is 0.554. The molecule has 92 valence electrons. The first-order chi connectivity index (χ1) is 8.18. The van der Waals surface area contributed by atoms with Gasteiger partial charge in [-0.3, -0.25) is 4.79 Å². The average Bonchev–Trinajstić information content (AvgIpc) is 2.72. The summed E-state index contributed by atoms with van der Waals surface area (Å²) in [5.74, 6) is 0.462. The van der Waals surface area contributed by atoms with Crippen LogP contribution in [0, 0.1) is 5.92 Å². The van der Waals surface area contributed by atoms with E-state index in [1.807, 2.05) is 12.1 Å². The first kappa shape index (κ1) is 12.9. The standard InChI is InChI=1S/C13H15BrClNO/c14-11-6-3-4-9(11)8-16-13(17)10-5-1-2-7-12(10)15/h1-2,5,7,9,11H,3-4,6,8H2,(H,16,17). The number of carbonyl (C=O) groups is 1. The number of hydrogen-bond acceptors (Lipinski definition) is 1. The molecule has 0 saturated heterocycles. The van der Waals surface area contributed by atoms with Crippen LogP contribution in [-0.4, -0.2) is 17.3 Å². The molecule has 1 aliphatic carbocycles. The van der Waals surface area contributed by atoms with Crippen LogP contribution < -0.4 is 5.32 Å². The average molecular weight is 317 g/mol. The third-order valence-electron chi connectivity index (χ3n) is 3.21. The highest BCUT2D eigenvalue weighted by atomic mass is 79.9. The Kier molecular flexibility index (Phi) is 4.46. The number of amides is 1. The van der Waals surface area contributed by atoms with Gasteiger partial charge in [-0.1, -0.05) is 46.1 Å². The van der Waals surface area contributed by atoms with Gasteiger partial charge in [0.2, 0.25) is 0 Å². The molecular weight excluding hydrogens is 302 g/mol. The van der Waals surface area contributed by atoms with Gasteiger partial charge >= 0.3 is 0 Å². The summed E-state index contributed by atoms with van der Waals surface area (Å²) in [6.07, 6.45) is 3.62. The molecule has 1 N–H and O–H groups in total. The van der Waals surface area contributed by atoms with Crippen molar-refractivity contribution in [3.05, 3.63) is 34.9 Å². The fraction of sp³-hybridized carbons (Fsp3) is 0.462. The number of nitrogens with one attached hydrogen (secondary N) is 1. The maximum Gasteiger partial charge on any atom is 0.252 e. The molecule has 2 rings (SSSR count). The van der Waals surface area contributed by atoms with Crippen molar-refractivity contribution in [3.8, 4) is 0 Å². The first-order valence-corrected chi connectivity index (χ1v) is 7.14. The van der Waals surface area contributed by atoms with Crippen molar-refractivity contribution in [1.82, 2.24) is 5.32 Å². The number of halogens is 2. The normalized spacial score (nSPS) is 23.6. The summed E-state index contributed by atoms with van der Waals surface area (Å²) in [7, 11) is 0. The first-order valence-electron chi connectivity index (χ1n) is 5.85. The van der Waals surface area contributed by atoms with Gasteiger partial charge in [-0.15, -0.1) is 0 Å². The Bertz CT molecular complexity index is 410. The molecule has 1 fully saturated rings. The van der Waals surface area contributed by atoms with Crippen LogP contribution >= 0.6 is 27.5 Å². The van der Waals surface area contributed by atoms with Crippen molar-refractivity contribution in [3.63, 3.8) is 0 Å². The Morgan fingerprint density at radius 1 is 1.41 bits per heavy atom. The number of benzene rings is 1. The molecular formula is C13H15BrClNO. The lowest BCUT2D eigenvalue weighted by molar-refractivity contribution is 0.0948. The second kappa shape index (κ2) is 5.87. The molecule has 4 heteroatoms. The minimum atomic E-state index is -0.0813. The lowest BCUT2D eigenvalue weighted by Gasteiger charge is -2.15. The quantitative estimate of drug-likeness (QED) is 0.848. The minimum absolute atomic E-state index is 0.0813. The van der Waals surface area contributed by atoms with Crippen molar-refractivity contribution in [1.29, 1.82) is 0 Å². The van der Waals surface area contributed by atoms with Crippen LogP contribution in [0.25, 0.3) is 0 Å². The lowest BCUT2D eigenvalue weighted by atomic mass is 10.1.